The summed E-state index contributed by atoms with van der Waals surface area (Å²) in [4.78, 5) is 49.9. The van der Waals surface area contributed by atoms with Gasteiger partial charge in [0.05, 0.1) is 25.5 Å². The third-order valence-corrected chi connectivity index (χ3v) is 5.71. The smallest absolute Gasteiger partial charge is 0.335 e. The predicted octanol–water partition coefficient (Wildman–Crippen LogP) is 3.96. The van der Waals surface area contributed by atoms with E-state index in [0.29, 0.717) is 34.8 Å². The molecule has 2 N–H and O–H groups in total. The quantitative estimate of drug-likeness (QED) is 0.235. The Morgan fingerprint density at radius 3 is 2.55 bits per heavy atom. The summed E-state index contributed by atoms with van der Waals surface area (Å²) in [6.45, 7) is 3.79. The van der Waals surface area contributed by atoms with Gasteiger partial charge in [-0.2, -0.15) is 0 Å². The van der Waals surface area contributed by atoms with Gasteiger partial charge in [-0.15, -0.1) is 6.58 Å². The Morgan fingerprint density at radius 1 is 1.16 bits per heavy atom. The lowest BCUT2D eigenvalue weighted by Crippen LogP contribution is -2.53. The summed E-state index contributed by atoms with van der Waals surface area (Å²) in [6, 6.07) is 12.0. The van der Waals surface area contributed by atoms with Crippen molar-refractivity contribution in [1.29, 1.82) is 0 Å². The Bertz CT molecular complexity index is 1420. The number of barbiturate groups is 1. The number of allylic oxidation sites excluding steroid dienone is 1. The Hall–Kier alpha value is -5.12. The number of carbonyl (C=O) groups excluding carboxylic acids is 3. The van der Waals surface area contributed by atoms with E-state index in [1.54, 1.807) is 42.5 Å². The normalized spacial score (nSPS) is 14.4. The number of benzene rings is 2. The molecule has 10 heteroatoms. The number of carboxylic acids is 1. The van der Waals surface area contributed by atoms with Crippen LogP contribution in [0.25, 0.3) is 6.08 Å². The van der Waals surface area contributed by atoms with Gasteiger partial charge >= 0.3 is 12.0 Å². The number of hydrogen-bond acceptors (Lipinski definition) is 7. The first-order valence-electron chi connectivity index (χ1n) is 11.5. The number of ether oxygens (including phenoxy) is 2. The molecule has 3 aromatic rings. The number of carbonyl (C=O) groups is 4. The fraction of sp³-hybridized carbons (Fsp3) is 0.143. The number of imide groups is 2. The molecule has 0 saturated carbocycles. The number of furan rings is 1. The molecule has 10 nitrogen and oxygen atoms in total. The van der Waals surface area contributed by atoms with E-state index >= 15 is 0 Å². The Balaban J connectivity index is 1.63. The minimum atomic E-state index is -1.02. The summed E-state index contributed by atoms with van der Waals surface area (Å²) in [5.74, 6) is -1.42. The fourth-order valence-electron chi connectivity index (χ4n) is 3.85. The van der Waals surface area contributed by atoms with Gasteiger partial charge < -0.3 is 19.0 Å². The van der Waals surface area contributed by atoms with Crippen LogP contribution in [0, 0.1) is 0 Å². The van der Waals surface area contributed by atoms with Crippen LogP contribution in [0.4, 0.5) is 4.79 Å². The Labute approximate surface area is 217 Å². The van der Waals surface area contributed by atoms with Crippen molar-refractivity contribution in [2.24, 2.45) is 0 Å². The lowest BCUT2D eigenvalue weighted by Gasteiger charge is -2.25. The van der Waals surface area contributed by atoms with Crippen LogP contribution in [0.3, 0.4) is 0 Å². The van der Waals surface area contributed by atoms with Crippen LogP contribution in [-0.2, 0) is 29.2 Å². The maximum atomic E-state index is 13.1. The molecular formula is C28H24N2O8. The highest BCUT2D eigenvalue weighted by Crippen LogP contribution is 2.35. The third-order valence-electron chi connectivity index (χ3n) is 5.71. The number of amides is 4. The zero-order chi connectivity index (χ0) is 27.2. The van der Waals surface area contributed by atoms with Gasteiger partial charge in [-0.3, -0.25) is 19.8 Å². The van der Waals surface area contributed by atoms with Crippen LogP contribution >= 0.6 is 0 Å². The molecule has 0 radical (unpaired) electrons. The second-order valence-corrected chi connectivity index (χ2v) is 8.28. The number of nitrogens with one attached hydrogen (secondary N) is 1. The van der Waals surface area contributed by atoms with E-state index in [4.69, 9.17) is 19.0 Å². The van der Waals surface area contributed by atoms with Crippen molar-refractivity contribution in [2.45, 2.75) is 19.6 Å². The molecule has 1 aliphatic rings. The van der Waals surface area contributed by atoms with E-state index in [0.717, 1.165) is 10.5 Å². The van der Waals surface area contributed by atoms with Gasteiger partial charge in [-0.25, -0.2) is 9.59 Å². The number of hydrogen-bond donors (Lipinski definition) is 2. The van der Waals surface area contributed by atoms with Crippen LogP contribution in [0.1, 0.15) is 32.8 Å². The summed E-state index contributed by atoms with van der Waals surface area (Å²) >= 11 is 0. The summed E-state index contributed by atoms with van der Waals surface area (Å²) in [6.07, 6.45) is 4.86. The molecule has 1 saturated heterocycles. The fourth-order valence-corrected chi connectivity index (χ4v) is 3.85. The van der Waals surface area contributed by atoms with Gasteiger partial charge in [-0.05, 0) is 60.0 Å². The average molecular weight is 517 g/mol. The first-order chi connectivity index (χ1) is 18.3. The number of methoxy groups -OCH3 is 1. The van der Waals surface area contributed by atoms with E-state index in [-0.39, 0.29) is 24.3 Å². The van der Waals surface area contributed by atoms with Gasteiger partial charge in [0.15, 0.2) is 11.5 Å². The molecule has 1 fully saturated rings. The Kier molecular flexibility index (Phi) is 7.72. The minimum Gasteiger partial charge on any atom is -0.493 e. The number of nitrogens with zero attached hydrogens (tertiary/aromatic N) is 1. The molecule has 38 heavy (non-hydrogen) atoms. The topological polar surface area (TPSA) is 135 Å². The van der Waals surface area contributed by atoms with Crippen molar-refractivity contribution in [2.75, 3.05) is 7.11 Å². The summed E-state index contributed by atoms with van der Waals surface area (Å²) in [5, 5.41) is 11.3. The molecule has 194 valence electrons. The van der Waals surface area contributed by atoms with E-state index in [9.17, 15) is 19.2 Å². The van der Waals surface area contributed by atoms with Crippen molar-refractivity contribution in [3.63, 3.8) is 0 Å². The molecule has 2 aromatic carbocycles. The highest BCUT2D eigenvalue weighted by Gasteiger charge is 2.36. The predicted molar refractivity (Wildman–Crippen MR) is 135 cm³/mol. The maximum Gasteiger partial charge on any atom is 0.335 e. The van der Waals surface area contributed by atoms with Crippen LogP contribution in [0.5, 0.6) is 11.5 Å². The zero-order valence-electron chi connectivity index (χ0n) is 20.4. The third kappa shape index (κ3) is 5.65. The molecule has 0 bridgehead atoms. The molecule has 0 aliphatic carbocycles. The largest absolute Gasteiger partial charge is 0.493 e. The monoisotopic (exact) mass is 516 g/mol. The van der Waals surface area contributed by atoms with Crippen molar-refractivity contribution < 1.29 is 38.2 Å². The molecule has 0 atom stereocenters. The van der Waals surface area contributed by atoms with Crippen molar-refractivity contribution in [1.82, 2.24) is 10.2 Å². The summed E-state index contributed by atoms with van der Waals surface area (Å²) in [5.41, 5.74) is 1.85. The Morgan fingerprint density at radius 2 is 1.92 bits per heavy atom. The number of aromatic carboxylic acids is 1. The van der Waals surface area contributed by atoms with Gasteiger partial charge in [0.25, 0.3) is 11.8 Å². The summed E-state index contributed by atoms with van der Waals surface area (Å²) in [7, 11) is 1.46. The molecule has 4 rings (SSSR count). The average Bonchev–Trinajstić information content (AvgIpc) is 3.42. The minimum absolute atomic E-state index is 0.131. The SMILES string of the molecule is C=CCc1cc(/C=C2\C(=O)NC(=O)N(Cc3ccco3)C2=O)cc(OC)c1OCc1ccc(C(=O)O)cc1. The number of carboxylic acid groups (broad SMARTS) is 1. The highest BCUT2D eigenvalue weighted by molar-refractivity contribution is 6.30. The molecule has 0 unspecified atom stereocenters. The second kappa shape index (κ2) is 11.3. The molecule has 2 heterocycles. The molecule has 4 amide bonds. The van der Waals surface area contributed by atoms with Crippen LogP contribution in [-0.4, -0.2) is 40.9 Å². The van der Waals surface area contributed by atoms with Crippen molar-refractivity contribution in [3.05, 3.63) is 101 Å². The standard InChI is InChI=1S/C28H24N2O8/c1-3-5-20-12-18(13-22-25(31)29-28(35)30(26(22)32)15-21-6-4-11-37-21)14-23(36-2)24(20)38-16-17-7-9-19(10-8-17)27(33)34/h3-4,6-14H,1,5,15-16H2,2H3,(H,33,34)(H,29,31,35)/b22-13+. The van der Waals surface area contributed by atoms with E-state index in [2.05, 4.69) is 11.9 Å². The first kappa shape index (κ1) is 26.0. The van der Waals surface area contributed by atoms with Crippen LogP contribution in [0.15, 0.2) is 77.4 Å². The van der Waals surface area contributed by atoms with Crippen molar-refractivity contribution >= 4 is 29.9 Å². The highest BCUT2D eigenvalue weighted by atomic mass is 16.5. The van der Waals surface area contributed by atoms with Gasteiger partial charge in [0, 0.05) is 5.56 Å². The van der Waals surface area contributed by atoms with Crippen LogP contribution < -0.4 is 14.8 Å². The molecule has 0 spiro atoms. The molecule has 1 aromatic heterocycles. The van der Waals surface area contributed by atoms with E-state index in [1.807, 2.05) is 0 Å². The first-order valence-corrected chi connectivity index (χ1v) is 11.5. The zero-order valence-corrected chi connectivity index (χ0v) is 20.4. The lowest BCUT2D eigenvalue weighted by molar-refractivity contribution is -0.130. The molecular weight excluding hydrogens is 492 g/mol. The lowest BCUT2D eigenvalue weighted by atomic mass is 10.0. The maximum absolute atomic E-state index is 13.1. The second-order valence-electron chi connectivity index (χ2n) is 8.28. The van der Waals surface area contributed by atoms with E-state index < -0.39 is 23.8 Å². The van der Waals surface area contributed by atoms with Gasteiger partial charge in [0.2, 0.25) is 0 Å². The van der Waals surface area contributed by atoms with Crippen molar-refractivity contribution in [3.8, 4) is 11.5 Å². The number of rotatable bonds is 10. The number of urea groups is 1. The van der Waals surface area contributed by atoms with Gasteiger partial charge in [-0.1, -0.05) is 18.2 Å². The van der Waals surface area contributed by atoms with Gasteiger partial charge in [0.1, 0.15) is 17.9 Å². The van der Waals surface area contributed by atoms with Crippen LogP contribution in [0.2, 0.25) is 0 Å². The van der Waals surface area contributed by atoms with E-state index in [1.165, 1.54) is 31.6 Å². The summed E-state index contributed by atoms with van der Waals surface area (Å²) < 4.78 is 16.8. The molecule has 1 aliphatic heterocycles.